The summed E-state index contributed by atoms with van der Waals surface area (Å²) in [6, 6.07) is -0.783. The Balaban J connectivity index is 4.32. The summed E-state index contributed by atoms with van der Waals surface area (Å²) < 4.78 is 5.10. The zero-order chi connectivity index (χ0) is 13.1. The Bertz CT molecular complexity index is 271. The molecule has 16 heavy (non-hydrogen) atoms. The van der Waals surface area contributed by atoms with Crippen LogP contribution >= 0.6 is 0 Å². The van der Waals surface area contributed by atoms with Gasteiger partial charge in [-0.1, -0.05) is 20.8 Å². The summed E-state index contributed by atoms with van der Waals surface area (Å²) in [5.74, 6) is -0.559. The van der Waals surface area contributed by atoms with Gasteiger partial charge in [0.25, 0.3) is 0 Å². The van der Waals surface area contributed by atoms with Crippen LogP contribution in [0.15, 0.2) is 0 Å². The molecule has 0 aliphatic heterocycles. The van der Waals surface area contributed by atoms with Crippen molar-refractivity contribution in [2.24, 2.45) is 11.1 Å². The second-order valence-corrected chi connectivity index (χ2v) is 6.01. The van der Waals surface area contributed by atoms with Gasteiger partial charge < -0.3 is 10.5 Å². The van der Waals surface area contributed by atoms with Crippen LogP contribution in [0, 0.1) is 5.41 Å². The SMILES string of the molecule is CC(C)(C)OC(=O)C[C@@H](N)C(=O)C(C)(C)C. The number of carbonyl (C=O) groups excluding carboxylic acids is 2. The number of rotatable bonds is 3. The summed E-state index contributed by atoms with van der Waals surface area (Å²) in [5, 5.41) is 0. The predicted octanol–water partition coefficient (Wildman–Crippen LogP) is 1.66. The number of esters is 1. The number of ether oxygens (including phenoxy) is 1. The fourth-order valence-corrected chi connectivity index (χ4v) is 1.21. The molecular formula is C12H23NO3. The summed E-state index contributed by atoms with van der Waals surface area (Å²) in [7, 11) is 0. The summed E-state index contributed by atoms with van der Waals surface area (Å²) in [4.78, 5) is 23.2. The van der Waals surface area contributed by atoms with Crippen LogP contribution in [0.25, 0.3) is 0 Å². The maximum atomic E-state index is 11.7. The lowest BCUT2D eigenvalue weighted by molar-refractivity contribution is -0.156. The lowest BCUT2D eigenvalue weighted by Crippen LogP contribution is -2.41. The van der Waals surface area contributed by atoms with Crippen molar-refractivity contribution in [3.05, 3.63) is 0 Å². The third-order valence-electron chi connectivity index (χ3n) is 1.88. The maximum Gasteiger partial charge on any atom is 0.308 e. The average Bonchev–Trinajstić information content (AvgIpc) is 1.96. The van der Waals surface area contributed by atoms with Gasteiger partial charge >= 0.3 is 5.97 Å². The van der Waals surface area contributed by atoms with Gasteiger partial charge in [-0.2, -0.15) is 0 Å². The zero-order valence-electron chi connectivity index (χ0n) is 11.1. The molecule has 0 rings (SSSR count). The predicted molar refractivity (Wildman–Crippen MR) is 62.9 cm³/mol. The monoisotopic (exact) mass is 229 g/mol. The highest BCUT2D eigenvalue weighted by Crippen LogP contribution is 2.18. The maximum absolute atomic E-state index is 11.7. The highest BCUT2D eigenvalue weighted by atomic mass is 16.6. The van der Waals surface area contributed by atoms with Gasteiger partial charge in [0.05, 0.1) is 12.5 Å². The molecule has 4 heteroatoms. The molecule has 0 amide bonds. The third-order valence-corrected chi connectivity index (χ3v) is 1.88. The molecule has 1 atom stereocenters. The van der Waals surface area contributed by atoms with E-state index in [9.17, 15) is 9.59 Å². The van der Waals surface area contributed by atoms with Crippen LogP contribution in [0.3, 0.4) is 0 Å². The molecule has 0 aromatic heterocycles. The number of nitrogens with two attached hydrogens (primary N) is 1. The van der Waals surface area contributed by atoms with Gasteiger partial charge in [-0.05, 0) is 20.8 Å². The first kappa shape index (κ1) is 15.1. The molecule has 0 spiro atoms. The van der Waals surface area contributed by atoms with Gasteiger partial charge in [0, 0.05) is 5.41 Å². The van der Waals surface area contributed by atoms with Crippen LogP contribution in [0.4, 0.5) is 0 Å². The number of hydrogen-bond acceptors (Lipinski definition) is 4. The summed E-state index contributed by atoms with van der Waals surface area (Å²) in [6.07, 6.45) is -0.0621. The van der Waals surface area contributed by atoms with E-state index in [1.54, 1.807) is 41.5 Å². The molecule has 94 valence electrons. The first-order valence-electron chi connectivity index (χ1n) is 5.45. The second-order valence-electron chi connectivity index (χ2n) is 6.01. The van der Waals surface area contributed by atoms with E-state index in [2.05, 4.69) is 0 Å². The van der Waals surface area contributed by atoms with Gasteiger partial charge in [-0.15, -0.1) is 0 Å². The van der Waals surface area contributed by atoms with E-state index in [0.717, 1.165) is 0 Å². The van der Waals surface area contributed by atoms with Crippen molar-refractivity contribution in [3.63, 3.8) is 0 Å². The zero-order valence-corrected chi connectivity index (χ0v) is 11.1. The van der Waals surface area contributed by atoms with Crippen molar-refractivity contribution in [1.82, 2.24) is 0 Å². The molecule has 0 bridgehead atoms. The number of hydrogen-bond donors (Lipinski definition) is 1. The number of Topliss-reactive ketones (excluding diaryl/α,β-unsaturated/α-hetero) is 1. The van der Waals surface area contributed by atoms with Crippen molar-refractivity contribution < 1.29 is 14.3 Å². The molecule has 2 N–H and O–H groups in total. The van der Waals surface area contributed by atoms with Crippen LogP contribution in [0.5, 0.6) is 0 Å². The lowest BCUT2D eigenvalue weighted by atomic mass is 9.86. The highest BCUT2D eigenvalue weighted by Gasteiger charge is 2.29. The highest BCUT2D eigenvalue weighted by molar-refractivity contribution is 5.91. The van der Waals surface area contributed by atoms with Crippen LogP contribution in [0.2, 0.25) is 0 Å². The van der Waals surface area contributed by atoms with Gasteiger partial charge in [-0.3, -0.25) is 9.59 Å². The molecule has 0 heterocycles. The molecule has 0 saturated heterocycles. The van der Waals surface area contributed by atoms with Crippen molar-refractivity contribution in [3.8, 4) is 0 Å². The molecule has 0 fully saturated rings. The molecule has 4 nitrogen and oxygen atoms in total. The Labute approximate surface area is 97.5 Å². The summed E-state index contributed by atoms with van der Waals surface area (Å²) >= 11 is 0. The van der Waals surface area contributed by atoms with Crippen molar-refractivity contribution >= 4 is 11.8 Å². The Hall–Kier alpha value is -0.900. The van der Waals surface area contributed by atoms with E-state index in [4.69, 9.17) is 10.5 Å². The summed E-state index contributed by atoms with van der Waals surface area (Å²) in [5.41, 5.74) is 4.61. The van der Waals surface area contributed by atoms with E-state index in [1.807, 2.05) is 0 Å². The second kappa shape index (κ2) is 4.95. The molecule has 0 aromatic carbocycles. The van der Waals surface area contributed by atoms with Gasteiger partial charge in [-0.25, -0.2) is 0 Å². The number of ketones is 1. The molecule has 0 aliphatic rings. The molecule has 0 aromatic rings. The minimum atomic E-state index is -0.783. The standard InChI is InChI=1S/C12H23NO3/c1-11(2,3)10(15)8(13)7-9(14)16-12(4,5)6/h8H,7,13H2,1-6H3/t8-/m1/s1. The normalized spacial score (nSPS) is 14.4. The van der Waals surface area contributed by atoms with E-state index in [0.29, 0.717) is 0 Å². The Kier molecular flexibility index (Phi) is 4.68. The first-order chi connectivity index (χ1) is 6.93. The molecule has 0 saturated carbocycles. The third kappa shape index (κ3) is 5.85. The van der Waals surface area contributed by atoms with E-state index < -0.39 is 23.0 Å². The topological polar surface area (TPSA) is 69.4 Å². The Morgan fingerprint density at radius 1 is 1.12 bits per heavy atom. The quantitative estimate of drug-likeness (QED) is 0.747. The molecular weight excluding hydrogens is 206 g/mol. The Morgan fingerprint density at radius 2 is 1.56 bits per heavy atom. The lowest BCUT2D eigenvalue weighted by Gasteiger charge is -2.23. The molecule has 0 aliphatic carbocycles. The smallest absolute Gasteiger partial charge is 0.308 e. The number of carbonyl (C=O) groups is 2. The molecule has 0 unspecified atom stereocenters. The Morgan fingerprint density at radius 3 is 1.88 bits per heavy atom. The minimum absolute atomic E-state index is 0.0621. The van der Waals surface area contributed by atoms with E-state index >= 15 is 0 Å². The fourth-order valence-electron chi connectivity index (χ4n) is 1.21. The molecule has 0 radical (unpaired) electrons. The van der Waals surface area contributed by atoms with Crippen LogP contribution in [0.1, 0.15) is 48.0 Å². The van der Waals surface area contributed by atoms with Crippen molar-refractivity contribution in [1.29, 1.82) is 0 Å². The average molecular weight is 229 g/mol. The van der Waals surface area contributed by atoms with Crippen LogP contribution in [-0.4, -0.2) is 23.4 Å². The van der Waals surface area contributed by atoms with Crippen LogP contribution < -0.4 is 5.73 Å². The van der Waals surface area contributed by atoms with Crippen molar-refractivity contribution in [2.75, 3.05) is 0 Å². The van der Waals surface area contributed by atoms with Crippen LogP contribution in [-0.2, 0) is 14.3 Å². The van der Waals surface area contributed by atoms with E-state index in [1.165, 1.54) is 0 Å². The first-order valence-corrected chi connectivity index (χ1v) is 5.45. The van der Waals surface area contributed by atoms with Gasteiger partial charge in [0.2, 0.25) is 0 Å². The van der Waals surface area contributed by atoms with Gasteiger partial charge in [0.15, 0.2) is 5.78 Å². The van der Waals surface area contributed by atoms with Crippen molar-refractivity contribution in [2.45, 2.75) is 59.6 Å². The largest absolute Gasteiger partial charge is 0.460 e. The minimum Gasteiger partial charge on any atom is -0.460 e. The van der Waals surface area contributed by atoms with Gasteiger partial charge in [0.1, 0.15) is 5.60 Å². The summed E-state index contributed by atoms with van der Waals surface area (Å²) in [6.45, 7) is 10.7. The fraction of sp³-hybridized carbons (Fsp3) is 0.833. The van der Waals surface area contributed by atoms with E-state index in [-0.39, 0.29) is 12.2 Å².